The van der Waals surface area contributed by atoms with Crippen LogP contribution in [0.1, 0.15) is 71.4 Å². The summed E-state index contributed by atoms with van der Waals surface area (Å²) in [6.45, 7) is 1.66. The van der Waals surface area contributed by atoms with E-state index in [9.17, 15) is 79.2 Å². The minimum Gasteiger partial charge on any atom is -0.477 e. The molecule has 102 heavy (non-hydrogen) atoms. The second-order valence-corrected chi connectivity index (χ2v) is 27.2. The van der Waals surface area contributed by atoms with Gasteiger partial charge in [0.15, 0.2) is 0 Å². The molecule has 0 aliphatic carbocycles. The average Bonchev–Trinajstić information content (AvgIpc) is 0.774. The van der Waals surface area contributed by atoms with Gasteiger partial charge in [0, 0.05) is 75.5 Å². The summed E-state index contributed by atoms with van der Waals surface area (Å²) < 4.78 is 23.3. The molecule has 2 aliphatic heterocycles. The molecule has 0 unspecified atom stereocenters. The molecule has 28 heteroatoms. The first-order chi connectivity index (χ1) is 48.9. The molecule has 0 saturated carbocycles. The molecule has 2 fully saturated rings. The molecule has 6 amide bonds. The Morgan fingerprint density at radius 2 is 0.784 bits per heavy atom. The van der Waals surface area contributed by atoms with E-state index in [1.54, 1.807) is 72.8 Å². The lowest BCUT2D eigenvalue weighted by atomic mass is 9.88. The van der Waals surface area contributed by atoms with Crippen LogP contribution in [0.2, 0.25) is 0 Å². The number of thioether (sulfide) groups is 2. The fourth-order valence-corrected chi connectivity index (χ4v) is 13.3. The Hall–Kier alpha value is -8.62. The number of hydrogen-bond donors (Lipinski definition) is 14. The van der Waals surface area contributed by atoms with Gasteiger partial charge in [-0.05, 0) is 93.1 Å². The highest BCUT2D eigenvalue weighted by Gasteiger charge is 2.57. The molecule has 8 rings (SSSR count). The number of aliphatic carboxylic acids is 2. The maximum atomic E-state index is 13.1. The van der Waals surface area contributed by atoms with Crippen LogP contribution in [0.3, 0.4) is 0 Å². The minimum absolute atomic E-state index is 0.0381. The molecule has 0 radical (unpaired) electrons. The number of carboxylic acids is 2. The van der Waals surface area contributed by atoms with Crippen LogP contribution in [0.5, 0.6) is 0 Å². The van der Waals surface area contributed by atoms with Gasteiger partial charge in [-0.3, -0.25) is 28.8 Å². The van der Waals surface area contributed by atoms with Crippen molar-refractivity contribution < 1.29 is 98.2 Å². The number of ether oxygens (including phenoxy) is 4. The SMILES string of the molecule is CC(=O)N[C@H]1[C@H]([C@H](O)[C@H](O)CNC(=O)Cc2ccc(-c3ccccc3)cc2)O[C@@](OCCCSCCNC(=O)c2ccc(-c3ccc(C(=O)NCCSCCCO[C@]4(C(=O)O)C[C@H](O)[C@@H](NC(C)=O)[C@H]([C@H](O)[C@H](O)CNC(=O)Cc5ccc(-c6ccccc6)cc5)O4)cc3)cc2)(C(=O)O)C[C@@H]1O. The van der Waals surface area contributed by atoms with Gasteiger partial charge in [-0.2, -0.15) is 23.5 Å². The van der Waals surface area contributed by atoms with Gasteiger partial charge in [0.05, 0.1) is 62.6 Å². The van der Waals surface area contributed by atoms with Crippen molar-refractivity contribution in [1.82, 2.24) is 31.9 Å². The van der Waals surface area contributed by atoms with Gasteiger partial charge < -0.3 is 91.7 Å². The van der Waals surface area contributed by atoms with E-state index in [-0.39, 0.29) is 37.9 Å². The highest BCUT2D eigenvalue weighted by atomic mass is 32.2. The van der Waals surface area contributed by atoms with Crippen LogP contribution in [0.25, 0.3) is 33.4 Å². The normalized spacial score (nSPS) is 21.4. The first kappa shape index (κ1) is 79.1. The number of carbonyl (C=O) groups is 8. The second-order valence-electron chi connectivity index (χ2n) is 24.8. The maximum absolute atomic E-state index is 13.1. The molecule has 2 heterocycles. The molecule has 546 valence electrons. The standard InChI is InChI=1S/C74H88N6O20S2/c1-45(81)79-63-57(83)41-73(71(93)94,99-67(63)65(89)59(85)43-77-61(87)39-47-15-19-51(20-16-47)49-11-5-3-6-12-49)97-33-9-35-101-37-31-75-69(91)55-27-23-53(24-28-55)54-25-29-56(30-26-54)70(92)76-32-38-102-36-10-34-98-74(72(95)96)42-58(84)64(80-46(2)82)68(100-74)66(90)60(86)44-78-62(88)40-48-17-21-52(22-18-48)50-13-7-4-8-14-50/h3-8,11-30,57-60,63-68,83-86,89-90H,9-10,31-44H2,1-2H3,(H,75,91)(H,76,92)(H,77,87)(H,78,88)(H,79,81)(H,80,82)(H,93,94)(H,95,96)/t57-,58-,59+,60+,63+,64+,65+,66+,67+,68+,73+,74+/m0/s1. The van der Waals surface area contributed by atoms with Crippen molar-refractivity contribution in [1.29, 1.82) is 0 Å². The Bertz CT molecular complexity index is 3490. The number of nitrogens with one attached hydrogen (secondary N) is 6. The Morgan fingerprint density at radius 1 is 0.461 bits per heavy atom. The number of rotatable bonds is 37. The molecule has 2 saturated heterocycles. The second kappa shape index (κ2) is 38.6. The van der Waals surface area contributed by atoms with Crippen LogP contribution in [0.4, 0.5) is 0 Å². The first-order valence-electron chi connectivity index (χ1n) is 33.4. The van der Waals surface area contributed by atoms with Crippen molar-refractivity contribution >= 4 is 70.9 Å². The summed E-state index contributed by atoms with van der Waals surface area (Å²) in [5.41, 5.74) is 7.75. The summed E-state index contributed by atoms with van der Waals surface area (Å²) in [5.74, 6) is -9.03. The zero-order valence-corrected chi connectivity index (χ0v) is 58.0. The van der Waals surface area contributed by atoms with Crippen molar-refractivity contribution in [2.24, 2.45) is 0 Å². The summed E-state index contributed by atoms with van der Waals surface area (Å²) in [4.78, 5) is 102. The quantitative estimate of drug-likeness (QED) is 0.0248. The fourth-order valence-electron chi connectivity index (χ4n) is 11.7. The molecule has 14 N–H and O–H groups in total. The topological polar surface area (TPSA) is 408 Å². The van der Waals surface area contributed by atoms with E-state index in [0.717, 1.165) is 47.2 Å². The van der Waals surface area contributed by atoms with Crippen LogP contribution >= 0.6 is 23.5 Å². The number of aliphatic hydroxyl groups is 6. The van der Waals surface area contributed by atoms with E-state index < -0.39 is 134 Å². The molecule has 2 aliphatic rings. The number of carboxylic acid groups (broad SMARTS) is 2. The van der Waals surface area contributed by atoms with Crippen molar-refractivity contribution in [3.63, 3.8) is 0 Å². The molecular weight excluding hydrogens is 1360 g/mol. The maximum Gasteiger partial charge on any atom is 0.364 e. The van der Waals surface area contributed by atoms with E-state index in [4.69, 9.17) is 18.9 Å². The molecule has 6 aromatic rings. The van der Waals surface area contributed by atoms with Gasteiger partial charge in [-0.15, -0.1) is 0 Å². The third-order valence-corrected chi connectivity index (χ3v) is 19.2. The van der Waals surface area contributed by atoms with E-state index in [2.05, 4.69) is 31.9 Å². The number of benzene rings is 6. The highest BCUT2D eigenvalue weighted by molar-refractivity contribution is 7.99. The Kier molecular flexibility index (Phi) is 29.9. The summed E-state index contributed by atoms with van der Waals surface area (Å²) in [7, 11) is 0. The molecule has 0 aromatic heterocycles. The summed E-state index contributed by atoms with van der Waals surface area (Å²) in [6.07, 6.45) is -14.5. The Balaban J connectivity index is 0.698. The predicted molar refractivity (Wildman–Crippen MR) is 380 cm³/mol. The van der Waals surface area contributed by atoms with Gasteiger partial charge >= 0.3 is 11.9 Å². The largest absolute Gasteiger partial charge is 0.477 e. The van der Waals surface area contributed by atoms with Crippen LogP contribution in [-0.2, 0) is 60.6 Å². The predicted octanol–water partition coefficient (Wildman–Crippen LogP) is 3.46. The van der Waals surface area contributed by atoms with Crippen molar-refractivity contribution in [2.75, 3.05) is 62.4 Å². The van der Waals surface area contributed by atoms with Crippen molar-refractivity contribution in [2.45, 2.75) is 125 Å². The van der Waals surface area contributed by atoms with Crippen LogP contribution < -0.4 is 31.9 Å². The van der Waals surface area contributed by atoms with Gasteiger partial charge in [-0.1, -0.05) is 133 Å². The molecule has 6 aromatic carbocycles. The third kappa shape index (κ3) is 22.7. The molecule has 0 spiro atoms. The van der Waals surface area contributed by atoms with Gasteiger partial charge in [-0.25, -0.2) is 9.59 Å². The smallest absolute Gasteiger partial charge is 0.364 e. The summed E-state index contributed by atoms with van der Waals surface area (Å²) in [5, 5.41) is 104. The van der Waals surface area contributed by atoms with Crippen LogP contribution in [-0.4, -0.2) is 223 Å². The lowest BCUT2D eigenvalue weighted by Gasteiger charge is -2.46. The molecule has 26 nitrogen and oxygen atoms in total. The summed E-state index contributed by atoms with van der Waals surface area (Å²) >= 11 is 2.92. The van der Waals surface area contributed by atoms with Crippen molar-refractivity contribution in [3.05, 3.63) is 180 Å². The third-order valence-electron chi connectivity index (χ3n) is 17.1. The molecule has 0 bridgehead atoms. The Morgan fingerprint density at radius 3 is 1.11 bits per heavy atom. The highest BCUT2D eigenvalue weighted by Crippen LogP contribution is 2.36. The van der Waals surface area contributed by atoms with Crippen LogP contribution in [0, 0.1) is 0 Å². The minimum atomic E-state index is -2.47. The van der Waals surface area contributed by atoms with E-state index in [1.807, 2.05) is 84.9 Å². The van der Waals surface area contributed by atoms with Crippen LogP contribution in [0.15, 0.2) is 158 Å². The van der Waals surface area contributed by atoms with E-state index in [1.165, 1.54) is 23.5 Å². The zero-order chi connectivity index (χ0) is 73.3. The number of aliphatic hydroxyl groups excluding tert-OH is 6. The van der Waals surface area contributed by atoms with Crippen molar-refractivity contribution in [3.8, 4) is 33.4 Å². The number of amides is 6. The van der Waals surface area contributed by atoms with E-state index in [0.29, 0.717) is 71.2 Å². The van der Waals surface area contributed by atoms with Gasteiger partial charge in [0.2, 0.25) is 23.6 Å². The lowest BCUT2D eigenvalue weighted by Crippen LogP contribution is -2.68. The number of hydrogen-bond acceptors (Lipinski definition) is 20. The van der Waals surface area contributed by atoms with E-state index >= 15 is 0 Å². The fraction of sp³-hybridized carbons (Fsp3) is 0.405. The lowest BCUT2D eigenvalue weighted by molar-refractivity contribution is -0.310. The van der Waals surface area contributed by atoms with Gasteiger partial charge in [0.25, 0.3) is 23.4 Å². The first-order valence-corrected chi connectivity index (χ1v) is 35.7. The monoisotopic (exact) mass is 1440 g/mol. The molecular formula is C74H88N6O20S2. The Labute approximate surface area is 598 Å². The average molecular weight is 1450 g/mol. The zero-order valence-electron chi connectivity index (χ0n) is 56.4. The summed E-state index contributed by atoms with van der Waals surface area (Å²) in [6, 6.07) is 45.2. The molecule has 12 atom stereocenters. The number of carbonyl (C=O) groups excluding carboxylic acids is 6. The van der Waals surface area contributed by atoms with Gasteiger partial charge in [0.1, 0.15) is 24.4 Å².